The first-order valence-electron chi connectivity index (χ1n) is 6.61. The van der Waals surface area contributed by atoms with E-state index in [1.165, 1.54) is 6.92 Å². The third kappa shape index (κ3) is 7.27. The maximum absolute atomic E-state index is 11.9. The monoisotopic (exact) mass is 317 g/mol. The van der Waals surface area contributed by atoms with E-state index < -0.39 is 19.8 Å². The maximum atomic E-state index is 11.9. The molecule has 120 valence electrons. The summed E-state index contributed by atoms with van der Waals surface area (Å²) in [6, 6.07) is 7.26. The van der Waals surface area contributed by atoms with Crippen LogP contribution in [0.1, 0.15) is 29.1 Å². The summed E-state index contributed by atoms with van der Waals surface area (Å²) < 4.78 is 21.9. The smallest absolute Gasteiger partial charge is 0.456 e. The van der Waals surface area contributed by atoms with E-state index in [9.17, 15) is 14.3 Å². The molecule has 1 rings (SSSR count). The highest BCUT2D eigenvalue weighted by Crippen LogP contribution is 2.38. The van der Waals surface area contributed by atoms with E-state index in [-0.39, 0.29) is 19.2 Å². The van der Waals surface area contributed by atoms with Crippen molar-refractivity contribution in [2.45, 2.75) is 33.7 Å². The van der Waals surface area contributed by atoms with Crippen molar-refractivity contribution in [3.63, 3.8) is 0 Å². The van der Waals surface area contributed by atoms with Crippen LogP contribution in [-0.4, -0.2) is 23.5 Å². The zero-order valence-corrected chi connectivity index (χ0v) is 13.6. The van der Waals surface area contributed by atoms with E-state index in [1.54, 1.807) is 30.3 Å². The number of carbonyl (C=O) groups is 1. The summed E-state index contributed by atoms with van der Waals surface area (Å²) in [5.74, 6) is -0.359. The molecule has 0 aliphatic heterocycles. The molecule has 6 nitrogen and oxygen atoms in total. The summed E-state index contributed by atoms with van der Waals surface area (Å²) in [6.07, 6.45) is 0. The Morgan fingerprint density at radius 1 is 1.38 bits per heavy atom. The summed E-state index contributed by atoms with van der Waals surface area (Å²) in [4.78, 5) is 21.5. The fourth-order valence-corrected chi connectivity index (χ4v) is 2.42. The van der Waals surface area contributed by atoms with E-state index in [0.29, 0.717) is 0 Å². The van der Waals surface area contributed by atoms with E-state index in [1.807, 2.05) is 20.8 Å². The third-order valence-electron chi connectivity index (χ3n) is 2.33. The molecule has 0 heterocycles. The van der Waals surface area contributed by atoms with Gasteiger partial charge in [0.05, 0.1) is 6.61 Å². The van der Waals surface area contributed by atoms with Gasteiger partial charge in [-0.1, -0.05) is 39.0 Å². The van der Waals surface area contributed by atoms with Crippen molar-refractivity contribution in [2.75, 3.05) is 6.61 Å². The highest BCUT2D eigenvalue weighted by molar-refractivity contribution is 7.51. The Morgan fingerprint density at radius 2 is 1.95 bits per heavy atom. The lowest BCUT2D eigenvalue weighted by molar-refractivity contribution is -0.148. The van der Waals surface area contributed by atoms with Gasteiger partial charge in [0.15, 0.2) is 0 Å². The van der Waals surface area contributed by atoms with E-state index >= 15 is 0 Å². The molecule has 2 N–H and O–H groups in total. The standard InChI is InChI=1S/C14H22NO5P.H2/c1-11(13(16)19-10-14(2,3)4)15-21(17,18)20-12-8-6-5-7-9-12;/h5-9,11H,10H2,1-4H3,(H2,15,17,18);1H/t11-;/m0./s1. The van der Waals surface area contributed by atoms with Crippen LogP contribution >= 0.6 is 7.75 Å². The molecule has 0 bridgehead atoms. The average molecular weight is 317 g/mol. The molecule has 1 aromatic carbocycles. The molecule has 0 aromatic heterocycles. The van der Waals surface area contributed by atoms with E-state index in [4.69, 9.17) is 9.26 Å². The molecular weight excluding hydrogens is 293 g/mol. The molecule has 21 heavy (non-hydrogen) atoms. The van der Waals surface area contributed by atoms with Gasteiger partial charge in [-0.05, 0) is 24.5 Å². The molecule has 0 spiro atoms. The van der Waals surface area contributed by atoms with Gasteiger partial charge in [0, 0.05) is 1.43 Å². The van der Waals surface area contributed by atoms with Crippen LogP contribution in [0.5, 0.6) is 5.75 Å². The highest BCUT2D eigenvalue weighted by Gasteiger charge is 2.28. The normalized spacial score (nSPS) is 15.9. The number of esters is 1. The van der Waals surface area contributed by atoms with Crippen molar-refractivity contribution in [1.82, 2.24) is 5.09 Å². The van der Waals surface area contributed by atoms with Crippen LogP contribution in [0.2, 0.25) is 0 Å². The second-order valence-electron chi connectivity index (χ2n) is 5.94. The van der Waals surface area contributed by atoms with E-state index in [0.717, 1.165) is 0 Å². The van der Waals surface area contributed by atoms with Gasteiger partial charge in [-0.15, -0.1) is 0 Å². The fourth-order valence-electron chi connectivity index (χ4n) is 1.36. The Bertz CT molecular complexity index is 518. The van der Waals surface area contributed by atoms with Gasteiger partial charge in [0.25, 0.3) is 0 Å². The van der Waals surface area contributed by atoms with Crippen molar-refractivity contribution in [2.24, 2.45) is 5.41 Å². The number of ether oxygens (including phenoxy) is 1. The molecule has 2 atom stereocenters. The number of rotatable bonds is 6. The first-order chi connectivity index (χ1) is 9.59. The minimum atomic E-state index is -4.14. The number of carbonyl (C=O) groups excluding carboxylic acids is 1. The summed E-state index contributed by atoms with van der Waals surface area (Å²) in [6.45, 7) is 7.45. The molecule has 0 saturated heterocycles. The summed E-state index contributed by atoms with van der Waals surface area (Å²) in [7, 11) is -4.14. The van der Waals surface area contributed by atoms with Crippen molar-refractivity contribution < 1.29 is 24.9 Å². The van der Waals surface area contributed by atoms with E-state index in [2.05, 4.69) is 5.09 Å². The second-order valence-corrected chi connectivity index (χ2v) is 7.43. The summed E-state index contributed by atoms with van der Waals surface area (Å²) in [5, 5.41) is 2.26. The van der Waals surface area contributed by atoms with Gasteiger partial charge in [0.1, 0.15) is 11.8 Å². The predicted octanol–water partition coefficient (Wildman–Crippen LogP) is 2.98. The zero-order valence-electron chi connectivity index (χ0n) is 12.7. The largest absolute Gasteiger partial charge is 0.464 e. The minimum Gasteiger partial charge on any atom is -0.464 e. The molecule has 0 aliphatic rings. The SMILES string of the molecule is C[C@H](NP(=O)(O)Oc1ccccc1)C(=O)OCC(C)(C)C.[HH]. The van der Waals surface area contributed by atoms with Crippen LogP contribution in [0.25, 0.3) is 0 Å². The first-order valence-corrected chi connectivity index (χ1v) is 8.19. The van der Waals surface area contributed by atoms with Gasteiger partial charge >= 0.3 is 13.7 Å². The maximum Gasteiger partial charge on any atom is 0.456 e. The molecule has 0 aliphatic carbocycles. The van der Waals surface area contributed by atoms with Crippen LogP contribution in [0.3, 0.4) is 0 Å². The molecule has 0 amide bonds. The minimum absolute atomic E-state index is 0. The number of hydrogen-bond acceptors (Lipinski definition) is 4. The lowest BCUT2D eigenvalue weighted by Crippen LogP contribution is -2.35. The molecular formula is C14H24NO5P. The molecule has 7 heteroatoms. The Hall–Kier alpha value is -1.36. The van der Waals surface area contributed by atoms with Crippen LogP contribution in [-0.2, 0) is 14.1 Å². The Morgan fingerprint density at radius 3 is 2.48 bits per heavy atom. The highest BCUT2D eigenvalue weighted by atomic mass is 31.2. The number of nitrogens with one attached hydrogen (secondary N) is 1. The van der Waals surface area contributed by atoms with Crippen LogP contribution in [0.4, 0.5) is 0 Å². The Balaban J connectivity index is 0.00000441. The molecule has 1 aromatic rings. The van der Waals surface area contributed by atoms with Gasteiger partial charge < -0.3 is 14.2 Å². The van der Waals surface area contributed by atoms with Gasteiger partial charge in [0.2, 0.25) is 0 Å². The van der Waals surface area contributed by atoms with Crippen LogP contribution < -0.4 is 9.61 Å². The van der Waals surface area contributed by atoms with Gasteiger partial charge in [-0.2, -0.15) is 5.09 Å². The van der Waals surface area contributed by atoms with Crippen LogP contribution in [0, 0.1) is 5.41 Å². The molecule has 1 unspecified atom stereocenters. The summed E-state index contributed by atoms with van der Waals surface area (Å²) >= 11 is 0. The predicted molar refractivity (Wildman–Crippen MR) is 82.0 cm³/mol. The first kappa shape index (κ1) is 17.7. The van der Waals surface area contributed by atoms with Gasteiger partial charge in [-0.3, -0.25) is 4.79 Å². The third-order valence-corrected chi connectivity index (χ3v) is 3.50. The summed E-state index contributed by atoms with van der Waals surface area (Å²) in [5.41, 5.74) is -0.168. The Labute approximate surface area is 126 Å². The van der Waals surface area contributed by atoms with Crippen LogP contribution in [0.15, 0.2) is 30.3 Å². The van der Waals surface area contributed by atoms with Crippen molar-refractivity contribution >= 4 is 13.7 Å². The molecule has 0 radical (unpaired) electrons. The molecule has 0 fully saturated rings. The van der Waals surface area contributed by atoms with Crippen molar-refractivity contribution in [3.8, 4) is 5.75 Å². The fraction of sp³-hybridized carbons (Fsp3) is 0.500. The number of benzene rings is 1. The topological polar surface area (TPSA) is 84.9 Å². The second kappa shape index (κ2) is 7.07. The average Bonchev–Trinajstić information content (AvgIpc) is 2.35. The quantitative estimate of drug-likeness (QED) is 0.620. The van der Waals surface area contributed by atoms with Crippen molar-refractivity contribution in [3.05, 3.63) is 30.3 Å². The van der Waals surface area contributed by atoms with Crippen molar-refractivity contribution in [1.29, 1.82) is 0 Å². The number of hydrogen-bond donors (Lipinski definition) is 2. The van der Waals surface area contributed by atoms with Gasteiger partial charge in [-0.25, -0.2) is 4.57 Å². The lowest BCUT2D eigenvalue weighted by Gasteiger charge is -2.21. The lowest BCUT2D eigenvalue weighted by atomic mass is 9.99. The number of para-hydroxylation sites is 1. The molecule has 0 saturated carbocycles. The Kier molecular flexibility index (Phi) is 5.96. The zero-order chi connectivity index (χ0) is 16.1.